The molecule has 0 aliphatic carbocycles. The number of hydrogen-bond donors (Lipinski definition) is 1. The molecule has 170 valence electrons. The Bertz CT molecular complexity index is 1430. The normalized spacial score (nSPS) is 11.3. The van der Waals surface area contributed by atoms with Crippen LogP contribution in [0.4, 0.5) is 0 Å². The summed E-state index contributed by atoms with van der Waals surface area (Å²) in [5.41, 5.74) is 4.95. The van der Waals surface area contributed by atoms with E-state index < -0.39 is 0 Å². The number of H-pyrrole nitrogens is 1. The van der Waals surface area contributed by atoms with E-state index in [9.17, 15) is 4.79 Å². The highest BCUT2D eigenvalue weighted by atomic mass is 16.2. The van der Waals surface area contributed by atoms with Gasteiger partial charge in [-0.05, 0) is 27.5 Å². The van der Waals surface area contributed by atoms with Crippen LogP contribution in [-0.4, -0.2) is 35.0 Å². The molecular formula is C26H25N7O. The van der Waals surface area contributed by atoms with Crippen LogP contribution in [0.25, 0.3) is 22.5 Å². The van der Waals surface area contributed by atoms with Crippen LogP contribution in [0.3, 0.4) is 0 Å². The molecule has 5 rings (SSSR count). The molecule has 3 aromatic carbocycles. The third-order valence-electron chi connectivity index (χ3n) is 5.76. The summed E-state index contributed by atoms with van der Waals surface area (Å²) >= 11 is 0. The molecule has 0 saturated heterocycles. The minimum Gasteiger partial charge on any atom is -0.274 e. The summed E-state index contributed by atoms with van der Waals surface area (Å²) in [4.78, 5) is 13.2. The lowest BCUT2D eigenvalue weighted by atomic mass is 9.98. The first kappa shape index (κ1) is 21.5. The Morgan fingerprint density at radius 3 is 2.18 bits per heavy atom. The lowest BCUT2D eigenvalue weighted by Crippen LogP contribution is -2.26. The fourth-order valence-corrected chi connectivity index (χ4v) is 4.07. The fourth-order valence-electron chi connectivity index (χ4n) is 4.07. The topological polar surface area (TPSA) is 94.3 Å². The third kappa shape index (κ3) is 4.30. The highest BCUT2D eigenvalue weighted by Crippen LogP contribution is 2.29. The molecule has 0 fully saturated rings. The van der Waals surface area contributed by atoms with Crippen LogP contribution < -0.4 is 5.69 Å². The molecule has 0 bridgehead atoms. The summed E-state index contributed by atoms with van der Waals surface area (Å²) < 4.78 is 3.33. The molecule has 8 heteroatoms. The Kier molecular flexibility index (Phi) is 5.86. The van der Waals surface area contributed by atoms with E-state index in [-0.39, 0.29) is 11.6 Å². The molecule has 0 amide bonds. The van der Waals surface area contributed by atoms with Crippen LogP contribution in [0.15, 0.2) is 83.7 Å². The zero-order valence-electron chi connectivity index (χ0n) is 19.1. The van der Waals surface area contributed by atoms with E-state index in [1.54, 1.807) is 9.25 Å². The molecular weight excluding hydrogens is 426 g/mol. The largest absolute Gasteiger partial charge is 0.346 e. The molecule has 5 aromatic rings. The summed E-state index contributed by atoms with van der Waals surface area (Å²) in [6.45, 7) is 5.04. The first-order valence-electron chi connectivity index (χ1n) is 11.2. The molecule has 2 heterocycles. The number of hydrogen-bond acceptors (Lipinski definition) is 5. The van der Waals surface area contributed by atoms with E-state index in [0.717, 1.165) is 33.6 Å². The van der Waals surface area contributed by atoms with Gasteiger partial charge in [0, 0.05) is 11.5 Å². The van der Waals surface area contributed by atoms with Crippen molar-refractivity contribution in [1.29, 1.82) is 0 Å². The van der Waals surface area contributed by atoms with Crippen LogP contribution in [0.2, 0.25) is 0 Å². The minimum absolute atomic E-state index is 0.0981. The summed E-state index contributed by atoms with van der Waals surface area (Å²) in [6, 6.07) is 26.1. The summed E-state index contributed by atoms with van der Waals surface area (Å²) in [5, 5.41) is 19.1. The second-order valence-electron chi connectivity index (χ2n) is 8.50. The Labute approximate surface area is 196 Å². The molecule has 34 heavy (non-hydrogen) atoms. The molecule has 0 aliphatic heterocycles. The van der Waals surface area contributed by atoms with Crippen molar-refractivity contribution in [3.05, 3.63) is 106 Å². The van der Waals surface area contributed by atoms with Gasteiger partial charge < -0.3 is 0 Å². The number of aromatic amines is 1. The molecule has 0 unspecified atom stereocenters. The lowest BCUT2D eigenvalue weighted by molar-refractivity contribution is 0.636. The standard InChI is InChI=1S/C26H25N7O/c1-18(2)25-29-33(17-19-8-4-3-5-9-19)26(34)32(25)16-20-12-14-21(15-13-20)22-10-6-7-11-23(22)24-27-30-31-28-24/h3-15,18H,16-17H2,1-2H3,(H,27,28,30,31). The Morgan fingerprint density at radius 1 is 0.824 bits per heavy atom. The molecule has 1 N–H and O–H groups in total. The van der Waals surface area contributed by atoms with Crippen molar-refractivity contribution in [1.82, 2.24) is 35.0 Å². The van der Waals surface area contributed by atoms with Gasteiger partial charge in [-0.2, -0.15) is 10.3 Å². The fraction of sp³-hybridized carbons (Fsp3) is 0.192. The molecule has 0 spiro atoms. The maximum atomic E-state index is 13.2. The minimum atomic E-state index is -0.0981. The van der Waals surface area contributed by atoms with Crippen molar-refractivity contribution >= 4 is 0 Å². The third-order valence-corrected chi connectivity index (χ3v) is 5.76. The van der Waals surface area contributed by atoms with Crippen molar-refractivity contribution in [2.45, 2.75) is 32.9 Å². The average molecular weight is 452 g/mol. The number of nitrogens with zero attached hydrogens (tertiary/aromatic N) is 6. The number of benzene rings is 3. The van der Waals surface area contributed by atoms with Crippen LogP contribution >= 0.6 is 0 Å². The summed E-state index contributed by atoms with van der Waals surface area (Å²) in [6.07, 6.45) is 0. The molecule has 0 aliphatic rings. The number of aromatic nitrogens is 7. The first-order valence-corrected chi connectivity index (χ1v) is 11.2. The van der Waals surface area contributed by atoms with Gasteiger partial charge in [0.15, 0.2) is 0 Å². The summed E-state index contributed by atoms with van der Waals surface area (Å²) in [7, 11) is 0. The summed E-state index contributed by atoms with van der Waals surface area (Å²) in [5.74, 6) is 1.47. The Morgan fingerprint density at radius 2 is 1.50 bits per heavy atom. The van der Waals surface area contributed by atoms with E-state index in [2.05, 4.69) is 51.7 Å². The lowest BCUT2D eigenvalue weighted by Gasteiger charge is -2.10. The molecule has 0 atom stereocenters. The molecule has 8 nitrogen and oxygen atoms in total. The van der Waals surface area contributed by atoms with Gasteiger partial charge >= 0.3 is 5.69 Å². The Balaban J connectivity index is 1.43. The average Bonchev–Trinajstić information content (AvgIpc) is 3.50. The molecule has 0 saturated carbocycles. The van der Waals surface area contributed by atoms with Gasteiger partial charge in [-0.1, -0.05) is 92.7 Å². The second-order valence-corrected chi connectivity index (χ2v) is 8.50. The predicted octanol–water partition coefficient (Wildman–Crippen LogP) is 4.11. The van der Waals surface area contributed by atoms with Gasteiger partial charge in [-0.15, -0.1) is 10.2 Å². The number of tetrazole rings is 1. The quantitative estimate of drug-likeness (QED) is 0.402. The second kappa shape index (κ2) is 9.27. The zero-order valence-corrected chi connectivity index (χ0v) is 19.1. The predicted molar refractivity (Wildman–Crippen MR) is 130 cm³/mol. The van der Waals surface area contributed by atoms with Gasteiger partial charge in [0.2, 0.25) is 5.82 Å². The highest BCUT2D eigenvalue weighted by molar-refractivity contribution is 5.80. The van der Waals surface area contributed by atoms with Crippen molar-refractivity contribution in [3.8, 4) is 22.5 Å². The SMILES string of the molecule is CC(C)c1nn(Cc2ccccc2)c(=O)n1Cc1ccc(-c2ccccc2-c2nn[nH]n2)cc1. The van der Waals surface area contributed by atoms with E-state index >= 15 is 0 Å². The number of rotatable bonds is 7. The van der Waals surface area contributed by atoms with Crippen LogP contribution in [0.1, 0.15) is 36.7 Å². The van der Waals surface area contributed by atoms with Gasteiger partial charge in [0.1, 0.15) is 5.82 Å². The smallest absolute Gasteiger partial charge is 0.274 e. The van der Waals surface area contributed by atoms with Crippen molar-refractivity contribution in [3.63, 3.8) is 0 Å². The molecule has 0 radical (unpaired) electrons. The van der Waals surface area contributed by atoms with Crippen LogP contribution in [0, 0.1) is 0 Å². The van der Waals surface area contributed by atoms with E-state index in [4.69, 9.17) is 0 Å². The Hall–Kier alpha value is -4.33. The maximum Gasteiger partial charge on any atom is 0.346 e. The monoisotopic (exact) mass is 451 g/mol. The van der Waals surface area contributed by atoms with E-state index in [1.807, 2.05) is 66.7 Å². The maximum absolute atomic E-state index is 13.2. The van der Waals surface area contributed by atoms with Crippen LogP contribution in [-0.2, 0) is 13.1 Å². The first-order chi connectivity index (χ1) is 16.6. The molecule has 2 aromatic heterocycles. The number of nitrogens with one attached hydrogen (secondary N) is 1. The zero-order chi connectivity index (χ0) is 23.5. The van der Waals surface area contributed by atoms with Gasteiger partial charge in [-0.25, -0.2) is 9.48 Å². The van der Waals surface area contributed by atoms with E-state index in [0.29, 0.717) is 18.9 Å². The van der Waals surface area contributed by atoms with Gasteiger partial charge in [0.25, 0.3) is 0 Å². The van der Waals surface area contributed by atoms with Crippen molar-refractivity contribution in [2.24, 2.45) is 0 Å². The van der Waals surface area contributed by atoms with E-state index in [1.165, 1.54) is 0 Å². The highest BCUT2D eigenvalue weighted by Gasteiger charge is 2.17. The van der Waals surface area contributed by atoms with Crippen LogP contribution in [0.5, 0.6) is 0 Å². The van der Waals surface area contributed by atoms with Gasteiger partial charge in [0.05, 0.1) is 13.1 Å². The van der Waals surface area contributed by atoms with Crippen molar-refractivity contribution < 1.29 is 0 Å². The van der Waals surface area contributed by atoms with Gasteiger partial charge in [-0.3, -0.25) is 4.57 Å². The van der Waals surface area contributed by atoms with Crippen molar-refractivity contribution in [2.75, 3.05) is 0 Å².